The van der Waals surface area contributed by atoms with E-state index in [0.29, 0.717) is 26.2 Å². The van der Waals surface area contributed by atoms with Gasteiger partial charge in [0.1, 0.15) is 12.4 Å². The summed E-state index contributed by atoms with van der Waals surface area (Å²) >= 11 is 0. The Morgan fingerprint density at radius 2 is 2.11 bits per heavy atom. The number of furan rings is 1. The Morgan fingerprint density at radius 1 is 1.32 bits per heavy atom. The second kappa shape index (κ2) is 8.28. The molecule has 0 aliphatic heterocycles. The van der Waals surface area contributed by atoms with Crippen molar-refractivity contribution in [1.29, 1.82) is 0 Å². The first-order chi connectivity index (χ1) is 9.10. The van der Waals surface area contributed by atoms with Crippen LogP contribution in [0.3, 0.4) is 0 Å². The molecule has 2 N–H and O–H groups in total. The van der Waals surface area contributed by atoms with Gasteiger partial charge in [-0.25, -0.2) is 13.1 Å². The summed E-state index contributed by atoms with van der Waals surface area (Å²) in [5, 5.41) is 8.60. The molecule has 8 heteroatoms. The summed E-state index contributed by atoms with van der Waals surface area (Å²) in [5.41, 5.74) is 0. The zero-order valence-corrected chi connectivity index (χ0v) is 11.6. The highest BCUT2D eigenvalue weighted by Crippen LogP contribution is 2.13. The molecule has 0 saturated carbocycles. The normalized spacial score (nSPS) is 11.9. The Bertz CT molecular complexity index is 456. The van der Waals surface area contributed by atoms with Gasteiger partial charge in [-0.05, 0) is 18.6 Å². The van der Waals surface area contributed by atoms with Crippen LogP contribution in [0.1, 0.15) is 12.2 Å². The van der Waals surface area contributed by atoms with Gasteiger partial charge in [0.15, 0.2) is 0 Å². The Labute approximate surface area is 112 Å². The summed E-state index contributed by atoms with van der Waals surface area (Å²) in [6, 6.07) is 2.73. The van der Waals surface area contributed by atoms with Crippen LogP contribution in [0.4, 0.5) is 0 Å². The third-order valence-corrected chi connectivity index (χ3v) is 3.58. The summed E-state index contributed by atoms with van der Waals surface area (Å²) in [6.45, 7) is 1.38. The van der Waals surface area contributed by atoms with Crippen molar-refractivity contribution in [2.45, 2.75) is 18.1 Å². The van der Waals surface area contributed by atoms with E-state index >= 15 is 0 Å². The van der Waals surface area contributed by atoms with E-state index < -0.39 is 10.0 Å². The van der Waals surface area contributed by atoms with E-state index in [2.05, 4.69) is 4.72 Å². The highest BCUT2D eigenvalue weighted by molar-refractivity contribution is 7.89. The highest BCUT2D eigenvalue weighted by Gasteiger charge is 2.17. The second-order valence-corrected chi connectivity index (χ2v) is 5.43. The third kappa shape index (κ3) is 5.70. The number of nitrogens with one attached hydrogen (secondary N) is 1. The fourth-order valence-electron chi connectivity index (χ4n) is 1.28. The lowest BCUT2D eigenvalue weighted by Gasteiger charge is -2.05. The van der Waals surface area contributed by atoms with Crippen LogP contribution in [0.15, 0.2) is 21.6 Å². The molecule has 0 unspecified atom stereocenters. The zero-order chi connectivity index (χ0) is 14.1. The predicted molar refractivity (Wildman–Crippen MR) is 67.1 cm³/mol. The molecule has 1 aromatic rings. The van der Waals surface area contributed by atoms with E-state index in [0.717, 1.165) is 0 Å². The molecule has 0 bridgehead atoms. The van der Waals surface area contributed by atoms with Crippen molar-refractivity contribution in [3.8, 4) is 0 Å². The van der Waals surface area contributed by atoms with Gasteiger partial charge in [0.05, 0.1) is 13.2 Å². The van der Waals surface area contributed by atoms with E-state index in [-0.39, 0.29) is 24.0 Å². The van der Waals surface area contributed by atoms with Crippen molar-refractivity contribution in [3.63, 3.8) is 0 Å². The fourth-order valence-corrected chi connectivity index (χ4v) is 2.30. The highest BCUT2D eigenvalue weighted by atomic mass is 32.2. The van der Waals surface area contributed by atoms with Gasteiger partial charge >= 0.3 is 0 Å². The first-order valence-corrected chi connectivity index (χ1v) is 7.34. The third-order valence-electron chi connectivity index (χ3n) is 2.25. The number of hydrogen-bond acceptors (Lipinski definition) is 6. The van der Waals surface area contributed by atoms with Crippen molar-refractivity contribution in [1.82, 2.24) is 4.72 Å². The number of aliphatic hydroxyl groups excluding tert-OH is 1. The molecule has 7 nitrogen and oxygen atoms in total. The van der Waals surface area contributed by atoms with Crippen molar-refractivity contribution in [2.75, 3.05) is 33.5 Å². The van der Waals surface area contributed by atoms with Crippen LogP contribution in [-0.4, -0.2) is 47.0 Å². The van der Waals surface area contributed by atoms with Gasteiger partial charge in [0, 0.05) is 20.3 Å². The van der Waals surface area contributed by atoms with Gasteiger partial charge < -0.3 is 19.0 Å². The average Bonchev–Trinajstić information content (AvgIpc) is 2.87. The average molecular weight is 293 g/mol. The first-order valence-electron chi connectivity index (χ1n) is 5.86. The minimum atomic E-state index is -3.65. The van der Waals surface area contributed by atoms with E-state index in [1.165, 1.54) is 12.1 Å². The number of sulfonamides is 1. The molecular formula is C11H19NO6S. The second-order valence-electron chi connectivity index (χ2n) is 3.74. The quantitative estimate of drug-likeness (QED) is 0.594. The molecule has 110 valence electrons. The molecular weight excluding hydrogens is 274 g/mol. The largest absolute Gasteiger partial charge is 0.446 e. The predicted octanol–water partition coefficient (Wildman–Crippen LogP) is 0.103. The minimum absolute atomic E-state index is 0.197. The molecule has 19 heavy (non-hydrogen) atoms. The fraction of sp³-hybridized carbons (Fsp3) is 0.636. The number of aliphatic hydroxyl groups is 1. The topological polar surface area (TPSA) is 98.0 Å². The van der Waals surface area contributed by atoms with Gasteiger partial charge in [0.2, 0.25) is 5.09 Å². The molecule has 0 radical (unpaired) electrons. The van der Waals surface area contributed by atoms with Gasteiger partial charge in [0.25, 0.3) is 10.0 Å². The summed E-state index contributed by atoms with van der Waals surface area (Å²) in [5.74, 6) is 0.211. The summed E-state index contributed by atoms with van der Waals surface area (Å²) in [7, 11) is -2.07. The lowest BCUT2D eigenvalue weighted by atomic mass is 10.5. The zero-order valence-electron chi connectivity index (χ0n) is 10.8. The van der Waals surface area contributed by atoms with Crippen molar-refractivity contribution in [3.05, 3.63) is 17.9 Å². The van der Waals surface area contributed by atoms with Crippen LogP contribution >= 0.6 is 0 Å². The Kier molecular flexibility index (Phi) is 7.03. The molecule has 0 aliphatic rings. The maximum absolute atomic E-state index is 11.7. The number of methoxy groups -OCH3 is 1. The Hall–Kier alpha value is -0.930. The van der Waals surface area contributed by atoms with Gasteiger partial charge in [-0.15, -0.1) is 0 Å². The molecule has 0 aromatic carbocycles. The molecule has 0 fully saturated rings. The Morgan fingerprint density at radius 3 is 2.74 bits per heavy atom. The number of hydrogen-bond donors (Lipinski definition) is 2. The van der Waals surface area contributed by atoms with Gasteiger partial charge in [-0.3, -0.25) is 0 Å². The van der Waals surface area contributed by atoms with Crippen molar-refractivity contribution >= 4 is 10.0 Å². The van der Waals surface area contributed by atoms with E-state index in [1.807, 2.05) is 0 Å². The summed E-state index contributed by atoms with van der Waals surface area (Å²) in [6.07, 6.45) is 0.552. The number of ether oxygens (including phenoxy) is 2. The molecule has 1 aromatic heterocycles. The summed E-state index contributed by atoms with van der Waals surface area (Å²) in [4.78, 5) is 0. The molecule has 0 atom stereocenters. The summed E-state index contributed by atoms with van der Waals surface area (Å²) < 4.78 is 40.9. The standard InChI is InChI=1S/C11H19NO6S/c1-16-7-8-17-6-2-5-12-19(14,15)11-4-3-10(9-13)18-11/h3-4,12-13H,2,5-9H2,1H3. The number of rotatable bonds is 10. The van der Waals surface area contributed by atoms with Crippen LogP contribution in [0.25, 0.3) is 0 Å². The van der Waals surface area contributed by atoms with Crippen LogP contribution in [-0.2, 0) is 26.1 Å². The Balaban J connectivity index is 2.27. The smallest absolute Gasteiger partial charge is 0.273 e. The molecule has 1 rings (SSSR count). The molecule has 0 aliphatic carbocycles. The molecule has 1 heterocycles. The van der Waals surface area contributed by atoms with Crippen LogP contribution in [0.2, 0.25) is 0 Å². The van der Waals surface area contributed by atoms with Crippen LogP contribution in [0.5, 0.6) is 0 Å². The minimum Gasteiger partial charge on any atom is -0.446 e. The van der Waals surface area contributed by atoms with Crippen LogP contribution < -0.4 is 4.72 Å². The molecule has 0 spiro atoms. The monoisotopic (exact) mass is 293 g/mol. The van der Waals surface area contributed by atoms with E-state index in [4.69, 9.17) is 19.0 Å². The van der Waals surface area contributed by atoms with E-state index in [1.54, 1.807) is 7.11 Å². The maximum Gasteiger partial charge on any atom is 0.273 e. The van der Waals surface area contributed by atoms with Crippen LogP contribution in [0, 0.1) is 0 Å². The lowest BCUT2D eigenvalue weighted by Crippen LogP contribution is -2.25. The molecule has 0 saturated heterocycles. The van der Waals surface area contributed by atoms with E-state index in [9.17, 15) is 8.42 Å². The SMILES string of the molecule is COCCOCCCNS(=O)(=O)c1ccc(CO)o1. The van der Waals surface area contributed by atoms with Crippen molar-refractivity contribution < 1.29 is 27.4 Å². The first kappa shape index (κ1) is 16.1. The van der Waals surface area contributed by atoms with Gasteiger partial charge in [-0.1, -0.05) is 0 Å². The van der Waals surface area contributed by atoms with Crippen molar-refractivity contribution in [2.24, 2.45) is 0 Å². The van der Waals surface area contributed by atoms with Gasteiger partial charge in [-0.2, -0.15) is 0 Å². The maximum atomic E-state index is 11.7. The lowest BCUT2D eigenvalue weighted by molar-refractivity contribution is 0.0699. The molecule has 0 amide bonds.